The highest BCUT2D eigenvalue weighted by Crippen LogP contribution is 2.18. The van der Waals surface area contributed by atoms with Gasteiger partial charge in [-0.25, -0.2) is 0 Å². The molecule has 1 amide bonds. The first-order chi connectivity index (χ1) is 36.0. The summed E-state index contributed by atoms with van der Waals surface area (Å²) in [6.45, 7) is 4.88. The van der Waals surface area contributed by atoms with Crippen molar-refractivity contribution in [1.82, 2.24) is 5.32 Å². The predicted octanol–water partition coefficient (Wildman–Crippen LogP) is 20.8. The first kappa shape index (κ1) is 71.1. The largest absolute Gasteiger partial charge is 0.466 e. The molecule has 3 N–H and O–H groups in total. The Morgan fingerprint density at radius 1 is 0.384 bits per heavy atom. The number of rotatable bonds is 61. The summed E-state index contributed by atoms with van der Waals surface area (Å²) in [6, 6.07) is -0.625. The van der Waals surface area contributed by atoms with Crippen LogP contribution < -0.4 is 5.32 Å². The van der Waals surface area contributed by atoms with Gasteiger partial charge in [-0.05, 0) is 64.2 Å². The van der Waals surface area contributed by atoms with Crippen LogP contribution in [-0.4, -0.2) is 47.4 Å². The topological polar surface area (TPSA) is 95.9 Å². The van der Waals surface area contributed by atoms with Gasteiger partial charge in [0.05, 0.1) is 25.4 Å². The number of carbonyl (C=O) groups excluding carboxylic acids is 2. The fourth-order valence-electron chi connectivity index (χ4n) is 10.1. The minimum absolute atomic E-state index is 0.0132. The van der Waals surface area contributed by atoms with Gasteiger partial charge in [0, 0.05) is 12.8 Å². The molecule has 2 unspecified atom stereocenters. The van der Waals surface area contributed by atoms with Crippen molar-refractivity contribution in [3.05, 3.63) is 36.5 Å². The third-order valence-corrected chi connectivity index (χ3v) is 15.2. The number of esters is 1. The Morgan fingerprint density at radius 3 is 1.07 bits per heavy atom. The van der Waals surface area contributed by atoms with Gasteiger partial charge in [-0.1, -0.05) is 314 Å². The van der Waals surface area contributed by atoms with Gasteiger partial charge >= 0.3 is 5.97 Å². The average Bonchev–Trinajstić information content (AvgIpc) is 3.39. The van der Waals surface area contributed by atoms with Crippen LogP contribution in [0.4, 0.5) is 0 Å². The third kappa shape index (κ3) is 59.2. The zero-order chi connectivity index (χ0) is 52.9. The van der Waals surface area contributed by atoms with Gasteiger partial charge < -0.3 is 20.3 Å². The van der Waals surface area contributed by atoms with Crippen LogP contribution in [0, 0.1) is 0 Å². The van der Waals surface area contributed by atoms with Crippen LogP contribution in [0.2, 0.25) is 0 Å². The quantitative estimate of drug-likeness (QED) is 0.0320. The summed E-state index contributed by atoms with van der Waals surface area (Å²) >= 11 is 0. The van der Waals surface area contributed by atoms with Crippen LogP contribution in [0.1, 0.15) is 354 Å². The molecule has 0 aromatic carbocycles. The van der Waals surface area contributed by atoms with E-state index in [1.165, 1.54) is 276 Å². The highest BCUT2D eigenvalue weighted by Gasteiger charge is 2.18. The van der Waals surface area contributed by atoms with E-state index in [1.807, 2.05) is 6.08 Å². The van der Waals surface area contributed by atoms with E-state index in [-0.39, 0.29) is 18.5 Å². The van der Waals surface area contributed by atoms with Crippen molar-refractivity contribution in [3.63, 3.8) is 0 Å². The lowest BCUT2D eigenvalue weighted by Crippen LogP contribution is -2.45. The number of unbranched alkanes of at least 4 members (excludes halogenated alkanes) is 46. The standard InChI is InChI=1S/C67H127NO5/c1-3-5-7-9-11-13-15-16-17-18-27-31-34-37-41-45-49-53-57-61-67(72)73-62-58-54-50-46-42-38-35-32-29-26-24-22-20-19-21-23-25-28-30-33-36-40-44-48-52-56-60-66(71)68-64(63-69)65(70)59-55-51-47-43-39-14-12-10-8-6-4-2/h11,13,16-17,55,59,64-65,69-70H,3-10,12,14-15,18-54,56-58,60-63H2,1-2H3,(H,68,71)/b13-11-,17-16-,59-55+. The van der Waals surface area contributed by atoms with Gasteiger partial charge in [0.25, 0.3) is 0 Å². The summed E-state index contributed by atoms with van der Waals surface area (Å²) in [4.78, 5) is 24.5. The van der Waals surface area contributed by atoms with Crippen LogP contribution in [-0.2, 0) is 14.3 Å². The Bertz CT molecular complexity index is 1180. The smallest absolute Gasteiger partial charge is 0.305 e. The molecule has 0 aliphatic rings. The number of nitrogens with one attached hydrogen (secondary N) is 1. The highest BCUT2D eigenvalue weighted by atomic mass is 16.5. The maximum Gasteiger partial charge on any atom is 0.305 e. The summed E-state index contributed by atoms with van der Waals surface area (Å²) in [5.74, 6) is -0.0529. The molecule has 0 fully saturated rings. The molecule has 430 valence electrons. The molecule has 0 aromatic heterocycles. The summed E-state index contributed by atoms with van der Waals surface area (Å²) in [7, 11) is 0. The van der Waals surface area contributed by atoms with Crippen molar-refractivity contribution in [2.24, 2.45) is 0 Å². The summed E-state index contributed by atoms with van der Waals surface area (Å²) in [5.41, 5.74) is 0. The first-order valence-corrected chi connectivity index (χ1v) is 32.8. The fourth-order valence-corrected chi connectivity index (χ4v) is 10.1. The Kier molecular flexibility index (Phi) is 61.0. The molecule has 6 nitrogen and oxygen atoms in total. The number of allylic oxidation sites excluding steroid dienone is 5. The molecule has 6 heteroatoms. The van der Waals surface area contributed by atoms with Crippen molar-refractivity contribution < 1.29 is 24.5 Å². The second-order valence-corrected chi connectivity index (χ2v) is 22.5. The molecule has 2 atom stereocenters. The number of carbonyl (C=O) groups is 2. The monoisotopic (exact) mass is 1030 g/mol. The van der Waals surface area contributed by atoms with Crippen molar-refractivity contribution in [2.75, 3.05) is 13.2 Å². The van der Waals surface area contributed by atoms with Crippen molar-refractivity contribution in [1.29, 1.82) is 0 Å². The Balaban J connectivity index is 3.34. The maximum atomic E-state index is 12.4. The van der Waals surface area contributed by atoms with E-state index < -0.39 is 12.1 Å². The molecule has 0 spiro atoms. The van der Waals surface area contributed by atoms with Gasteiger partial charge in [-0.3, -0.25) is 9.59 Å². The van der Waals surface area contributed by atoms with Gasteiger partial charge in [0.2, 0.25) is 5.91 Å². The molecule has 0 saturated carbocycles. The maximum absolute atomic E-state index is 12.4. The van der Waals surface area contributed by atoms with E-state index in [0.717, 1.165) is 51.4 Å². The second-order valence-electron chi connectivity index (χ2n) is 22.5. The van der Waals surface area contributed by atoms with E-state index >= 15 is 0 Å². The summed E-state index contributed by atoms with van der Waals surface area (Å²) in [5, 5.41) is 23.0. The van der Waals surface area contributed by atoms with Crippen molar-refractivity contribution in [3.8, 4) is 0 Å². The Morgan fingerprint density at radius 2 is 0.685 bits per heavy atom. The molecule has 0 aliphatic heterocycles. The van der Waals surface area contributed by atoms with Gasteiger partial charge in [-0.15, -0.1) is 0 Å². The number of ether oxygens (including phenoxy) is 1. The van der Waals surface area contributed by atoms with E-state index in [0.29, 0.717) is 19.4 Å². The van der Waals surface area contributed by atoms with Gasteiger partial charge in [-0.2, -0.15) is 0 Å². The normalized spacial score (nSPS) is 12.8. The molecule has 0 heterocycles. The highest BCUT2D eigenvalue weighted by molar-refractivity contribution is 5.76. The molecule has 73 heavy (non-hydrogen) atoms. The van der Waals surface area contributed by atoms with Crippen LogP contribution in [0.3, 0.4) is 0 Å². The van der Waals surface area contributed by atoms with E-state index in [2.05, 4.69) is 43.5 Å². The first-order valence-electron chi connectivity index (χ1n) is 32.8. The number of hydrogen-bond donors (Lipinski definition) is 3. The summed E-state index contributed by atoms with van der Waals surface area (Å²) in [6.07, 6.45) is 79.2. The molecule has 0 rings (SSSR count). The predicted molar refractivity (Wildman–Crippen MR) is 319 cm³/mol. The molecule has 0 bridgehead atoms. The Labute approximate surface area is 455 Å². The lowest BCUT2D eigenvalue weighted by Gasteiger charge is -2.20. The lowest BCUT2D eigenvalue weighted by molar-refractivity contribution is -0.143. The number of aliphatic hydroxyl groups is 2. The molecular weight excluding hydrogens is 899 g/mol. The molecule has 0 saturated heterocycles. The molecular formula is C67H127NO5. The minimum Gasteiger partial charge on any atom is -0.466 e. The second kappa shape index (κ2) is 62.6. The molecule has 0 aromatic rings. The zero-order valence-electron chi connectivity index (χ0n) is 49.1. The zero-order valence-corrected chi connectivity index (χ0v) is 49.1. The van der Waals surface area contributed by atoms with Crippen LogP contribution in [0.15, 0.2) is 36.5 Å². The minimum atomic E-state index is -0.841. The van der Waals surface area contributed by atoms with E-state index in [9.17, 15) is 19.8 Å². The Hall–Kier alpha value is -1.92. The molecule has 0 aliphatic carbocycles. The SMILES string of the molecule is CCCCC/C=C\C/C=C\CCCCCCCCCCCC(=O)OCCCCCCCCCCCCCCCCCCCCCCCCCCCCC(=O)NC(CO)C(O)/C=C/CCCCCCCCCCC. The number of amides is 1. The van der Waals surface area contributed by atoms with Gasteiger partial charge in [0.1, 0.15) is 0 Å². The van der Waals surface area contributed by atoms with Crippen LogP contribution in [0.25, 0.3) is 0 Å². The van der Waals surface area contributed by atoms with Crippen molar-refractivity contribution in [2.45, 2.75) is 366 Å². The number of hydrogen-bond acceptors (Lipinski definition) is 5. The average molecular weight is 1030 g/mol. The van der Waals surface area contributed by atoms with E-state index in [1.54, 1.807) is 6.08 Å². The van der Waals surface area contributed by atoms with Crippen molar-refractivity contribution >= 4 is 11.9 Å². The van der Waals surface area contributed by atoms with E-state index in [4.69, 9.17) is 4.74 Å². The fraction of sp³-hybridized carbons (Fsp3) is 0.881. The van der Waals surface area contributed by atoms with Crippen LogP contribution in [0.5, 0.6) is 0 Å². The van der Waals surface area contributed by atoms with Gasteiger partial charge in [0.15, 0.2) is 0 Å². The number of aliphatic hydroxyl groups excluding tert-OH is 2. The molecule has 0 radical (unpaired) electrons. The third-order valence-electron chi connectivity index (χ3n) is 15.2. The van der Waals surface area contributed by atoms with Crippen LogP contribution >= 0.6 is 0 Å². The lowest BCUT2D eigenvalue weighted by atomic mass is 10.0. The summed E-state index contributed by atoms with van der Waals surface area (Å²) < 4.78 is 5.50.